The van der Waals surface area contributed by atoms with E-state index in [0.717, 1.165) is 37.5 Å². The van der Waals surface area contributed by atoms with Gasteiger partial charge in [0.1, 0.15) is 35.4 Å². The number of carbonyl (C=O) groups is 1. The Labute approximate surface area is 268 Å². The van der Waals surface area contributed by atoms with E-state index in [-0.39, 0.29) is 46.5 Å². The average molecular weight is 689 g/mol. The van der Waals surface area contributed by atoms with Gasteiger partial charge < -0.3 is 29.6 Å². The van der Waals surface area contributed by atoms with Crippen molar-refractivity contribution in [2.45, 2.75) is 89.1 Å². The number of nitrogens with zero attached hydrogens (tertiary/aromatic N) is 4. The average Bonchev–Trinajstić information content (AvgIpc) is 3.51. The first-order chi connectivity index (χ1) is 21.8. The van der Waals surface area contributed by atoms with Gasteiger partial charge in [-0.3, -0.25) is 13.9 Å². The normalized spacial score (nSPS) is 25.7. The molecule has 18 heteroatoms. The maximum absolute atomic E-state index is 15.8. The molecule has 3 aromatic rings. The zero-order valence-corrected chi connectivity index (χ0v) is 27.0. The van der Waals surface area contributed by atoms with Crippen LogP contribution in [0.2, 0.25) is 5.02 Å². The van der Waals surface area contributed by atoms with Crippen LogP contribution in [0.4, 0.5) is 14.7 Å². The third-order valence-corrected chi connectivity index (χ3v) is 9.63. The maximum Gasteiger partial charge on any atom is 0.459 e. The Bertz CT molecular complexity index is 1610. The van der Waals surface area contributed by atoms with Crippen LogP contribution < -0.4 is 20.1 Å². The van der Waals surface area contributed by atoms with Gasteiger partial charge in [0.15, 0.2) is 23.6 Å². The van der Waals surface area contributed by atoms with Crippen LogP contribution in [0.3, 0.4) is 0 Å². The number of rotatable bonds is 12. The number of anilines is 1. The number of nitrogen functional groups attached to an aromatic ring is 1. The lowest BCUT2D eigenvalue weighted by molar-refractivity contribution is -0.152. The first-order valence-corrected chi connectivity index (χ1v) is 16.8. The molecule has 0 spiro atoms. The largest absolute Gasteiger partial charge is 0.476 e. The van der Waals surface area contributed by atoms with Crippen molar-refractivity contribution in [1.82, 2.24) is 24.6 Å². The number of hydrogen-bond donors (Lipinski definition) is 3. The second-order valence-electron chi connectivity index (χ2n) is 11.3. The summed E-state index contributed by atoms with van der Waals surface area (Å²) in [6.07, 6.45) is 0.363. The highest BCUT2D eigenvalue weighted by Crippen LogP contribution is 2.48. The van der Waals surface area contributed by atoms with Gasteiger partial charge in [-0.2, -0.15) is 15.1 Å². The van der Waals surface area contributed by atoms with Gasteiger partial charge in [-0.15, -0.1) is 0 Å². The Kier molecular flexibility index (Phi) is 10.3. The minimum absolute atomic E-state index is 0.0965. The van der Waals surface area contributed by atoms with Crippen LogP contribution in [0.25, 0.3) is 11.2 Å². The fourth-order valence-electron chi connectivity index (χ4n) is 5.34. The predicted octanol–water partition coefficient (Wildman–Crippen LogP) is 4.64. The monoisotopic (exact) mass is 688 g/mol. The maximum atomic E-state index is 15.8. The number of imidazole rings is 1. The Morgan fingerprint density at radius 3 is 2.76 bits per heavy atom. The van der Waals surface area contributed by atoms with Gasteiger partial charge in [-0.05, 0) is 58.6 Å². The van der Waals surface area contributed by atoms with Crippen molar-refractivity contribution in [3.8, 4) is 11.6 Å². The third kappa shape index (κ3) is 7.37. The molecule has 0 amide bonds. The van der Waals surface area contributed by atoms with Gasteiger partial charge in [-0.25, -0.2) is 18.3 Å². The van der Waals surface area contributed by atoms with Gasteiger partial charge in [-0.1, -0.05) is 18.0 Å². The summed E-state index contributed by atoms with van der Waals surface area (Å²) in [6.45, 7) is 3.90. The summed E-state index contributed by atoms with van der Waals surface area (Å²) >= 11 is 5.87. The van der Waals surface area contributed by atoms with E-state index in [0.29, 0.717) is 12.8 Å². The number of halogens is 3. The highest BCUT2D eigenvalue weighted by atomic mass is 35.5. The van der Waals surface area contributed by atoms with Crippen molar-refractivity contribution >= 4 is 42.4 Å². The number of aliphatic hydroxyl groups is 1. The first kappa shape index (κ1) is 34.2. The van der Waals surface area contributed by atoms with Gasteiger partial charge >= 0.3 is 13.7 Å². The molecule has 14 nitrogen and oxygen atoms in total. The summed E-state index contributed by atoms with van der Waals surface area (Å²) < 4.78 is 73.0. The van der Waals surface area contributed by atoms with Crippen LogP contribution >= 0.6 is 19.3 Å². The number of aromatic nitrogens is 4. The molecule has 2 aromatic heterocycles. The van der Waals surface area contributed by atoms with Crippen LogP contribution in [-0.2, 0) is 23.4 Å². The SMILES string of the molecule is CCOc1nc(N)nc2c1ncn2[C@@H]1O[C@H](COP(=O)(NC(C)C(=O)OC2CCCCC2)Oc2ccc(F)c(Cl)c2)[C@@H](F)[C@@]1(C)O. The standard InChI is InChI=1S/C28H36ClF2N6O8P/c1-4-41-24-21-23(34-27(32)35-24)37(14-33-21)26-28(3,39)22(31)20(44-26)13-42-46(40,45-17-10-11-19(30)18(29)12-17)36-15(2)25(38)43-16-8-6-5-7-9-16/h10-12,14-16,20,22,26,39H,4-9,13H2,1-3H3,(H,36,40)(H2,32,34,35)/t15?,20-,22-,26-,28-,46?/m1/s1. The van der Waals surface area contributed by atoms with Crippen molar-refractivity contribution in [1.29, 1.82) is 0 Å². The molecule has 1 saturated carbocycles. The molecular formula is C28H36ClF2N6O8P. The quantitative estimate of drug-likeness (QED) is 0.177. The van der Waals surface area contributed by atoms with Crippen molar-refractivity contribution < 1.29 is 46.5 Å². The van der Waals surface area contributed by atoms with E-state index in [9.17, 15) is 18.9 Å². The van der Waals surface area contributed by atoms with Crippen LogP contribution in [-0.4, -0.2) is 73.8 Å². The van der Waals surface area contributed by atoms with Crippen molar-refractivity contribution in [2.24, 2.45) is 0 Å². The minimum Gasteiger partial charge on any atom is -0.476 e. The lowest BCUT2D eigenvalue weighted by Gasteiger charge is -2.27. The second-order valence-corrected chi connectivity index (χ2v) is 13.4. The van der Waals surface area contributed by atoms with Gasteiger partial charge in [0.2, 0.25) is 11.8 Å². The van der Waals surface area contributed by atoms with Crippen LogP contribution in [0, 0.1) is 5.82 Å². The van der Waals surface area contributed by atoms with E-state index in [1.54, 1.807) is 6.92 Å². The smallest absolute Gasteiger partial charge is 0.459 e. The zero-order chi connectivity index (χ0) is 33.2. The minimum atomic E-state index is -4.53. The van der Waals surface area contributed by atoms with E-state index in [4.69, 9.17) is 40.6 Å². The second kappa shape index (κ2) is 13.9. The summed E-state index contributed by atoms with van der Waals surface area (Å²) in [4.78, 5) is 25.3. The number of carbonyl (C=O) groups excluding carboxylic acids is 1. The molecule has 4 N–H and O–H groups in total. The van der Waals surface area contributed by atoms with E-state index in [1.165, 1.54) is 24.7 Å². The molecule has 252 valence electrons. The number of alkyl halides is 1. The molecule has 1 aliphatic heterocycles. The molecule has 3 heterocycles. The van der Waals surface area contributed by atoms with E-state index in [2.05, 4.69) is 20.0 Å². The van der Waals surface area contributed by atoms with Gasteiger partial charge in [0.05, 0.1) is 24.6 Å². The molecule has 0 bridgehead atoms. The number of nitrogens with two attached hydrogens (primary N) is 1. The fraction of sp³-hybridized carbons (Fsp3) is 0.571. The number of ether oxygens (including phenoxy) is 3. The molecule has 6 atom stereocenters. The number of nitrogens with one attached hydrogen (secondary N) is 1. The highest BCUT2D eigenvalue weighted by Gasteiger charge is 2.55. The predicted molar refractivity (Wildman–Crippen MR) is 161 cm³/mol. The number of hydrogen-bond acceptors (Lipinski definition) is 12. The summed E-state index contributed by atoms with van der Waals surface area (Å²) in [6, 6.07) is 2.03. The van der Waals surface area contributed by atoms with E-state index in [1.807, 2.05) is 0 Å². The van der Waals surface area contributed by atoms with E-state index >= 15 is 4.39 Å². The molecule has 1 aliphatic carbocycles. The van der Waals surface area contributed by atoms with Crippen molar-refractivity contribution in [3.63, 3.8) is 0 Å². The van der Waals surface area contributed by atoms with Crippen LogP contribution in [0.5, 0.6) is 11.6 Å². The van der Waals surface area contributed by atoms with Crippen molar-refractivity contribution in [2.75, 3.05) is 18.9 Å². The Morgan fingerprint density at radius 1 is 1.33 bits per heavy atom. The summed E-state index contributed by atoms with van der Waals surface area (Å²) in [5, 5.41) is 13.4. The molecular weight excluding hydrogens is 653 g/mol. The number of fused-ring (bicyclic) bond motifs is 1. The summed E-state index contributed by atoms with van der Waals surface area (Å²) in [5.41, 5.74) is 4.00. The molecule has 1 saturated heterocycles. The van der Waals surface area contributed by atoms with E-state index < -0.39 is 56.3 Å². The first-order valence-electron chi connectivity index (χ1n) is 14.8. The Morgan fingerprint density at radius 2 is 2.07 bits per heavy atom. The fourth-order valence-corrected chi connectivity index (χ4v) is 7.01. The molecule has 0 radical (unpaired) electrons. The molecule has 5 rings (SSSR count). The summed E-state index contributed by atoms with van der Waals surface area (Å²) in [7, 11) is -4.53. The van der Waals surface area contributed by atoms with Crippen molar-refractivity contribution in [3.05, 3.63) is 35.4 Å². The lowest BCUT2D eigenvalue weighted by atomic mass is 9.98. The topological polar surface area (TPSA) is 182 Å². The molecule has 2 unspecified atom stereocenters. The Balaban J connectivity index is 1.35. The van der Waals surface area contributed by atoms with Gasteiger partial charge in [0, 0.05) is 6.07 Å². The van der Waals surface area contributed by atoms with Crippen LogP contribution in [0.15, 0.2) is 24.5 Å². The zero-order valence-electron chi connectivity index (χ0n) is 25.4. The number of esters is 1. The Hall–Kier alpha value is -3.14. The highest BCUT2D eigenvalue weighted by molar-refractivity contribution is 7.52. The molecule has 46 heavy (non-hydrogen) atoms. The number of benzene rings is 1. The summed E-state index contributed by atoms with van der Waals surface area (Å²) in [5.74, 6) is -1.65. The van der Waals surface area contributed by atoms with Crippen LogP contribution in [0.1, 0.15) is 59.1 Å². The molecule has 2 fully saturated rings. The lowest BCUT2D eigenvalue weighted by Crippen LogP contribution is -2.42. The third-order valence-electron chi connectivity index (χ3n) is 7.69. The molecule has 1 aromatic carbocycles. The van der Waals surface area contributed by atoms with Gasteiger partial charge in [0.25, 0.3) is 0 Å². The molecule has 2 aliphatic rings.